The lowest BCUT2D eigenvalue weighted by Crippen LogP contribution is -2.29. The highest BCUT2D eigenvalue weighted by atomic mass is 35.5. The molecule has 3 aromatic rings. The molecule has 0 saturated heterocycles. The number of aromatic nitrogens is 1. The van der Waals surface area contributed by atoms with Gasteiger partial charge in [0.25, 0.3) is 0 Å². The maximum absolute atomic E-state index is 6.35. The van der Waals surface area contributed by atoms with Crippen molar-refractivity contribution in [2.24, 2.45) is 0 Å². The lowest BCUT2D eigenvalue weighted by molar-refractivity contribution is 0.518. The number of hydrogen-bond acceptors (Lipinski definition) is 2. The van der Waals surface area contributed by atoms with Crippen LogP contribution in [0.4, 0.5) is 0 Å². The molecule has 0 atom stereocenters. The van der Waals surface area contributed by atoms with Crippen molar-refractivity contribution in [3.05, 3.63) is 87.7 Å². The molecule has 2 nitrogen and oxygen atoms in total. The van der Waals surface area contributed by atoms with Crippen molar-refractivity contribution in [3.8, 4) is 11.1 Å². The topological polar surface area (TPSA) is 24.9 Å². The number of nitrogens with one attached hydrogen (secondary N) is 1. The summed E-state index contributed by atoms with van der Waals surface area (Å²) in [5, 5.41) is 5.18. The quantitative estimate of drug-likeness (QED) is 0.521. The van der Waals surface area contributed by atoms with Crippen LogP contribution in [0.3, 0.4) is 0 Å². The standard InChI is InChI=1S/C23H22Cl2N2/c1-2-16-5-3-4-6-19(16)20-9-12-26-15-21(20)23(10-11-23)27-14-17-13-18(24)7-8-22(17)25/h3-9,12-13,15,27H,2,10-11,14H2,1H3. The van der Waals surface area contributed by atoms with Crippen LogP contribution in [0.25, 0.3) is 11.1 Å². The summed E-state index contributed by atoms with van der Waals surface area (Å²) in [5.41, 5.74) is 6.17. The van der Waals surface area contributed by atoms with E-state index in [0.29, 0.717) is 11.6 Å². The van der Waals surface area contributed by atoms with Crippen LogP contribution in [0.15, 0.2) is 60.9 Å². The lowest BCUT2D eigenvalue weighted by atomic mass is 9.91. The Morgan fingerprint density at radius 1 is 1.00 bits per heavy atom. The van der Waals surface area contributed by atoms with Gasteiger partial charge in [-0.3, -0.25) is 4.98 Å². The van der Waals surface area contributed by atoms with Crippen LogP contribution in [-0.4, -0.2) is 4.98 Å². The van der Waals surface area contributed by atoms with Crippen molar-refractivity contribution < 1.29 is 0 Å². The Morgan fingerprint density at radius 2 is 1.81 bits per heavy atom. The van der Waals surface area contributed by atoms with Crippen LogP contribution in [0.5, 0.6) is 0 Å². The van der Waals surface area contributed by atoms with E-state index in [2.05, 4.69) is 47.6 Å². The van der Waals surface area contributed by atoms with E-state index in [1.165, 1.54) is 22.3 Å². The molecule has 0 bridgehead atoms. The molecule has 1 aromatic heterocycles. The van der Waals surface area contributed by atoms with Gasteiger partial charge in [-0.15, -0.1) is 0 Å². The summed E-state index contributed by atoms with van der Waals surface area (Å²) in [4.78, 5) is 4.43. The van der Waals surface area contributed by atoms with Gasteiger partial charge in [-0.1, -0.05) is 54.4 Å². The average Bonchev–Trinajstić information content (AvgIpc) is 3.50. The maximum atomic E-state index is 6.35. The van der Waals surface area contributed by atoms with Crippen molar-refractivity contribution in [2.45, 2.75) is 38.3 Å². The van der Waals surface area contributed by atoms with Crippen molar-refractivity contribution in [3.63, 3.8) is 0 Å². The summed E-state index contributed by atoms with van der Waals surface area (Å²) >= 11 is 12.5. The molecule has 138 valence electrons. The number of halogens is 2. The highest BCUT2D eigenvalue weighted by Crippen LogP contribution is 2.49. The van der Waals surface area contributed by atoms with Crippen LogP contribution >= 0.6 is 23.2 Å². The molecule has 4 rings (SSSR count). The molecule has 0 amide bonds. The second-order valence-corrected chi connectivity index (χ2v) is 7.95. The van der Waals surface area contributed by atoms with Crippen molar-refractivity contribution in [1.29, 1.82) is 0 Å². The Bertz CT molecular complexity index is 964. The minimum Gasteiger partial charge on any atom is -0.303 e. The Hall–Kier alpha value is -1.87. The second-order valence-electron chi connectivity index (χ2n) is 7.10. The highest BCUT2D eigenvalue weighted by Gasteiger charge is 2.45. The lowest BCUT2D eigenvalue weighted by Gasteiger charge is -2.22. The number of benzene rings is 2. The molecule has 0 spiro atoms. The van der Waals surface area contributed by atoms with Gasteiger partial charge >= 0.3 is 0 Å². The van der Waals surface area contributed by atoms with Crippen LogP contribution < -0.4 is 5.32 Å². The molecule has 1 aliphatic carbocycles. The zero-order valence-corrected chi connectivity index (χ0v) is 16.8. The summed E-state index contributed by atoms with van der Waals surface area (Å²) in [6, 6.07) is 16.4. The highest BCUT2D eigenvalue weighted by molar-refractivity contribution is 6.33. The summed E-state index contributed by atoms with van der Waals surface area (Å²) in [6.45, 7) is 2.88. The zero-order chi connectivity index (χ0) is 18.9. The van der Waals surface area contributed by atoms with E-state index in [9.17, 15) is 0 Å². The molecule has 2 aromatic carbocycles. The molecule has 0 aliphatic heterocycles. The third kappa shape index (κ3) is 3.75. The predicted molar refractivity (Wildman–Crippen MR) is 113 cm³/mol. The number of aryl methyl sites for hydroxylation is 1. The van der Waals surface area contributed by atoms with Gasteiger partial charge in [-0.25, -0.2) is 0 Å². The SMILES string of the molecule is CCc1ccccc1-c1ccncc1C1(NCc2cc(Cl)ccc2Cl)CC1. The van der Waals surface area contributed by atoms with Gasteiger partial charge in [0.15, 0.2) is 0 Å². The van der Waals surface area contributed by atoms with E-state index in [0.717, 1.165) is 29.8 Å². The average molecular weight is 397 g/mol. The molecule has 4 heteroatoms. The molecule has 1 aliphatic rings. The Kier molecular flexibility index (Phi) is 5.23. The number of pyridine rings is 1. The minimum absolute atomic E-state index is 0.0455. The van der Waals surface area contributed by atoms with E-state index >= 15 is 0 Å². The van der Waals surface area contributed by atoms with E-state index < -0.39 is 0 Å². The van der Waals surface area contributed by atoms with Crippen LogP contribution in [0, 0.1) is 0 Å². The molecule has 0 radical (unpaired) electrons. The Labute approximate surface area is 170 Å². The largest absolute Gasteiger partial charge is 0.303 e. The number of rotatable bonds is 6. The van der Waals surface area contributed by atoms with E-state index in [1.807, 2.05) is 30.6 Å². The van der Waals surface area contributed by atoms with Crippen LogP contribution in [-0.2, 0) is 18.5 Å². The first-order valence-electron chi connectivity index (χ1n) is 9.35. The number of nitrogens with zero attached hydrogens (tertiary/aromatic N) is 1. The first kappa shape index (κ1) is 18.5. The molecular formula is C23H22Cl2N2. The third-order valence-corrected chi connectivity index (χ3v) is 6.00. The van der Waals surface area contributed by atoms with E-state index in [4.69, 9.17) is 23.2 Å². The van der Waals surface area contributed by atoms with Gasteiger partial charge in [-0.05, 0) is 71.3 Å². The summed E-state index contributed by atoms with van der Waals surface area (Å²) in [7, 11) is 0. The monoisotopic (exact) mass is 396 g/mol. The summed E-state index contributed by atoms with van der Waals surface area (Å²) < 4.78 is 0. The van der Waals surface area contributed by atoms with E-state index in [1.54, 1.807) is 0 Å². The van der Waals surface area contributed by atoms with Gasteiger partial charge in [0.05, 0.1) is 0 Å². The Morgan fingerprint density at radius 3 is 2.59 bits per heavy atom. The third-order valence-electron chi connectivity index (χ3n) is 5.40. The van der Waals surface area contributed by atoms with E-state index in [-0.39, 0.29) is 5.54 Å². The second kappa shape index (κ2) is 7.63. The van der Waals surface area contributed by atoms with Gasteiger partial charge in [0.2, 0.25) is 0 Å². The summed E-state index contributed by atoms with van der Waals surface area (Å²) in [5.74, 6) is 0. The zero-order valence-electron chi connectivity index (χ0n) is 15.3. The van der Waals surface area contributed by atoms with Crippen molar-refractivity contribution in [2.75, 3.05) is 0 Å². The van der Waals surface area contributed by atoms with Crippen molar-refractivity contribution in [1.82, 2.24) is 10.3 Å². The first-order chi connectivity index (χ1) is 13.1. The van der Waals surface area contributed by atoms with Gasteiger partial charge in [0.1, 0.15) is 0 Å². The fourth-order valence-corrected chi connectivity index (χ4v) is 4.09. The fraction of sp³-hybridized carbons (Fsp3) is 0.261. The molecule has 1 heterocycles. The molecule has 27 heavy (non-hydrogen) atoms. The molecule has 1 saturated carbocycles. The van der Waals surface area contributed by atoms with Gasteiger partial charge in [0, 0.05) is 34.5 Å². The van der Waals surface area contributed by atoms with Gasteiger partial charge < -0.3 is 5.32 Å². The van der Waals surface area contributed by atoms with Crippen LogP contribution in [0.1, 0.15) is 36.5 Å². The van der Waals surface area contributed by atoms with Crippen LogP contribution in [0.2, 0.25) is 10.0 Å². The normalized spacial score (nSPS) is 14.9. The van der Waals surface area contributed by atoms with Crippen molar-refractivity contribution >= 4 is 23.2 Å². The predicted octanol–water partition coefficient (Wildman–Crippen LogP) is 6.40. The molecule has 1 N–H and O–H groups in total. The number of hydrogen-bond donors (Lipinski definition) is 1. The molecule has 0 unspecified atom stereocenters. The molecule has 1 fully saturated rings. The smallest absolute Gasteiger partial charge is 0.0460 e. The maximum Gasteiger partial charge on any atom is 0.0460 e. The minimum atomic E-state index is -0.0455. The fourth-order valence-electron chi connectivity index (χ4n) is 3.71. The molecular weight excluding hydrogens is 375 g/mol. The first-order valence-corrected chi connectivity index (χ1v) is 10.1. The van der Waals surface area contributed by atoms with Gasteiger partial charge in [-0.2, -0.15) is 0 Å². The summed E-state index contributed by atoms with van der Waals surface area (Å²) in [6.07, 6.45) is 7.10. The Balaban J connectivity index is 1.66.